The highest BCUT2D eigenvalue weighted by molar-refractivity contribution is 7.70. The molecule has 214 valence electrons. The average Bonchev–Trinajstić information content (AvgIpc) is 2.95. The van der Waals surface area contributed by atoms with Gasteiger partial charge in [0, 0.05) is 36.2 Å². The topological polar surface area (TPSA) is 82.6 Å². The molecule has 0 radical (unpaired) electrons. The van der Waals surface area contributed by atoms with Gasteiger partial charge < -0.3 is 29.7 Å². The average molecular weight is 583 g/mol. The van der Waals surface area contributed by atoms with Gasteiger partial charge in [0.05, 0.1) is 24.7 Å². The second-order valence-electron chi connectivity index (χ2n) is 11.3. The van der Waals surface area contributed by atoms with Gasteiger partial charge in [-0.25, -0.2) is 4.98 Å². The zero-order valence-electron chi connectivity index (χ0n) is 23.9. The SMILES string of the molecule is COc1cc(N2CCC(N3CCC(C)CC3)CC2)ccc1Nc1ncc(Cl)c(Nc2ccccc2P(C)(C)=O)n1. The number of ether oxygens (including phenoxy) is 1. The Bertz CT molecular complexity index is 1370. The molecule has 0 amide bonds. The van der Waals surface area contributed by atoms with Crippen LogP contribution in [0.4, 0.5) is 28.8 Å². The van der Waals surface area contributed by atoms with Crippen LogP contribution in [0.15, 0.2) is 48.7 Å². The second-order valence-corrected chi connectivity index (χ2v) is 14.9. The third-order valence-corrected chi connectivity index (χ3v) is 9.90. The van der Waals surface area contributed by atoms with Crippen molar-refractivity contribution in [1.82, 2.24) is 14.9 Å². The van der Waals surface area contributed by atoms with Gasteiger partial charge in [0.15, 0.2) is 5.82 Å². The van der Waals surface area contributed by atoms with Crippen LogP contribution in [0.2, 0.25) is 5.02 Å². The van der Waals surface area contributed by atoms with Gasteiger partial charge in [-0.2, -0.15) is 4.98 Å². The van der Waals surface area contributed by atoms with Gasteiger partial charge >= 0.3 is 0 Å². The van der Waals surface area contributed by atoms with Gasteiger partial charge in [0.1, 0.15) is 17.9 Å². The summed E-state index contributed by atoms with van der Waals surface area (Å²) in [5.74, 6) is 2.40. The van der Waals surface area contributed by atoms with Crippen LogP contribution in [0.3, 0.4) is 0 Å². The van der Waals surface area contributed by atoms with E-state index in [1.807, 2.05) is 30.3 Å². The lowest BCUT2D eigenvalue weighted by Gasteiger charge is -2.42. The van der Waals surface area contributed by atoms with Crippen molar-refractivity contribution < 1.29 is 9.30 Å². The predicted octanol–water partition coefficient (Wildman–Crippen LogP) is 6.57. The first kappa shape index (κ1) is 28.7. The number of piperidine rings is 2. The number of rotatable bonds is 8. The molecule has 2 N–H and O–H groups in total. The molecule has 2 aliphatic rings. The molecule has 3 aromatic rings. The third-order valence-electron chi connectivity index (χ3n) is 8.08. The number of benzene rings is 2. The Balaban J connectivity index is 1.27. The Morgan fingerprint density at radius 1 is 0.975 bits per heavy atom. The van der Waals surface area contributed by atoms with Crippen LogP contribution in [0, 0.1) is 5.92 Å². The molecular weight excluding hydrogens is 543 g/mol. The van der Waals surface area contributed by atoms with E-state index in [0.717, 1.165) is 41.4 Å². The van der Waals surface area contributed by atoms with Crippen LogP contribution in [0.1, 0.15) is 32.6 Å². The fraction of sp³-hybridized carbons (Fsp3) is 0.467. The van der Waals surface area contributed by atoms with Crippen molar-refractivity contribution in [3.05, 3.63) is 53.7 Å². The zero-order chi connectivity index (χ0) is 28.3. The quantitative estimate of drug-likeness (QED) is 0.288. The van der Waals surface area contributed by atoms with E-state index in [1.54, 1.807) is 26.6 Å². The van der Waals surface area contributed by atoms with Crippen LogP contribution >= 0.6 is 18.7 Å². The molecule has 5 rings (SSSR count). The molecule has 0 unspecified atom stereocenters. The van der Waals surface area contributed by atoms with Crippen molar-refractivity contribution in [3.8, 4) is 5.75 Å². The number of nitrogens with zero attached hydrogens (tertiary/aromatic N) is 4. The molecule has 1 aromatic heterocycles. The highest BCUT2D eigenvalue weighted by Crippen LogP contribution is 2.39. The van der Waals surface area contributed by atoms with E-state index in [2.05, 4.69) is 49.5 Å². The summed E-state index contributed by atoms with van der Waals surface area (Å²) < 4.78 is 18.5. The number of anilines is 5. The van der Waals surface area contributed by atoms with Crippen molar-refractivity contribution in [2.24, 2.45) is 5.92 Å². The normalized spacial score (nSPS) is 17.6. The molecule has 40 heavy (non-hydrogen) atoms. The van der Waals surface area contributed by atoms with Gasteiger partial charge in [-0.05, 0) is 82.3 Å². The van der Waals surface area contributed by atoms with Crippen molar-refractivity contribution in [2.75, 3.05) is 62.2 Å². The number of methoxy groups -OCH3 is 1. The first-order valence-corrected chi connectivity index (χ1v) is 17.1. The van der Waals surface area contributed by atoms with E-state index < -0.39 is 7.14 Å². The zero-order valence-corrected chi connectivity index (χ0v) is 25.5. The number of halogens is 1. The first-order chi connectivity index (χ1) is 19.2. The molecule has 0 saturated carbocycles. The number of hydrogen-bond acceptors (Lipinski definition) is 8. The maximum atomic E-state index is 12.8. The molecule has 0 spiro atoms. The lowest BCUT2D eigenvalue weighted by atomic mass is 9.95. The Morgan fingerprint density at radius 3 is 2.40 bits per heavy atom. The van der Waals surface area contributed by atoms with Gasteiger partial charge in [-0.15, -0.1) is 0 Å². The standard InChI is InChI=1S/C30H40ClN6O2P/c1-21-11-15-36(16-12-21)22-13-17-37(18-14-22)23-9-10-25(27(19-23)39-2)34-30-32-20-24(31)29(35-30)33-26-7-5-6-8-28(26)40(3,4)38/h5-10,19-22H,11-18H2,1-4H3,(H2,32,33,34,35). The smallest absolute Gasteiger partial charge is 0.229 e. The Morgan fingerprint density at radius 2 is 1.70 bits per heavy atom. The number of hydrogen-bond donors (Lipinski definition) is 2. The van der Waals surface area contributed by atoms with Crippen LogP contribution in [-0.2, 0) is 4.57 Å². The maximum absolute atomic E-state index is 12.8. The summed E-state index contributed by atoms with van der Waals surface area (Å²) in [6, 6.07) is 14.4. The molecule has 2 saturated heterocycles. The monoisotopic (exact) mass is 582 g/mol. The van der Waals surface area contributed by atoms with Gasteiger partial charge in [0.25, 0.3) is 0 Å². The molecule has 3 heterocycles. The molecule has 0 aliphatic carbocycles. The van der Waals surface area contributed by atoms with E-state index in [0.29, 0.717) is 28.5 Å². The molecule has 8 nitrogen and oxygen atoms in total. The highest BCUT2D eigenvalue weighted by Gasteiger charge is 2.27. The minimum Gasteiger partial charge on any atom is -0.494 e. The van der Waals surface area contributed by atoms with Crippen molar-refractivity contribution in [3.63, 3.8) is 0 Å². The molecule has 10 heteroatoms. The molecule has 0 bridgehead atoms. The molecule has 2 fully saturated rings. The fourth-order valence-corrected chi connectivity index (χ4v) is 6.97. The summed E-state index contributed by atoms with van der Waals surface area (Å²) in [4.78, 5) is 14.1. The number of para-hydroxylation sites is 1. The minimum atomic E-state index is -2.50. The Hall–Kier alpha value is -2.80. The largest absolute Gasteiger partial charge is 0.494 e. The minimum absolute atomic E-state index is 0.368. The number of aromatic nitrogens is 2. The summed E-state index contributed by atoms with van der Waals surface area (Å²) in [5.41, 5.74) is 2.64. The summed E-state index contributed by atoms with van der Waals surface area (Å²) in [6.45, 7) is 10.4. The maximum Gasteiger partial charge on any atom is 0.229 e. The van der Waals surface area contributed by atoms with E-state index in [1.165, 1.54) is 38.8 Å². The fourth-order valence-electron chi connectivity index (χ4n) is 5.67. The summed E-state index contributed by atoms with van der Waals surface area (Å²) in [6.07, 6.45) is 6.59. The molecule has 2 aliphatic heterocycles. The highest BCUT2D eigenvalue weighted by atomic mass is 35.5. The summed E-state index contributed by atoms with van der Waals surface area (Å²) >= 11 is 6.43. The number of likely N-dealkylation sites (tertiary alicyclic amines) is 1. The van der Waals surface area contributed by atoms with E-state index in [9.17, 15) is 4.57 Å². The van der Waals surface area contributed by atoms with Crippen molar-refractivity contribution in [2.45, 2.75) is 38.6 Å². The van der Waals surface area contributed by atoms with Gasteiger partial charge in [-0.3, -0.25) is 0 Å². The van der Waals surface area contributed by atoms with Crippen LogP contribution in [-0.4, -0.2) is 67.5 Å². The van der Waals surface area contributed by atoms with Gasteiger partial charge in [-0.1, -0.05) is 30.7 Å². The van der Waals surface area contributed by atoms with Crippen LogP contribution in [0.5, 0.6) is 5.75 Å². The predicted molar refractivity (Wildman–Crippen MR) is 167 cm³/mol. The second kappa shape index (κ2) is 12.4. The summed E-state index contributed by atoms with van der Waals surface area (Å²) in [7, 11) is -0.828. The van der Waals surface area contributed by atoms with Crippen LogP contribution < -0.4 is 25.6 Å². The Kier molecular flexibility index (Phi) is 8.89. The lowest BCUT2D eigenvalue weighted by molar-refractivity contribution is 0.120. The summed E-state index contributed by atoms with van der Waals surface area (Å²) in [5, 5.41) is 7.64. The van der Waals surface area contributed by atoms with Gasteiger partial charge in [0.2, 0.25) is 5.95 Å². The van der Waals surface area contributed by atoms with E-state index in [-0.39, 0.29) is 0 Å². The van der Waals surface area contributed by atoms with Crippen molar-refractivity contribution in [1.29, 1.82) is 0 Å². The number of nitrogens with one attached hydrogen (secondary N) is 2. The third kappa shape index (κ3) is 6.73. The lowest BCUT2D eigenvalue weighted by Crippen LogP contribution is -2.47. The molecular formula is C30H40ClN6O2P. The van der Waals surface area contributed by atoms with Crippen LogP contribution in [0.25, 0.3) is 0 Å². The van der Waals surface area contributed by atoms with Crippen molar-refractivity contribution >= 4 is 52.9 Å². The Labute approximate surface area is 242 Å². The van der Waals surface area contributed by atoms with E-state index in [4.69, 9.17) is 16.3 Å². The first-order valence-electron chi connectivity index (χ1n) is 14.1. The van der Waals surface area contributed by atoms with E-state index >= 15 is 0 Å². The molecule has 0 atom stereocenters. The molecule has 2 aromatic carbocycles.